The minimum absolute atomic E-state index is 0.0253. The van der Waals surface area contributed by atoms with Crippen LogP contribution in [-0.4, -0.2) is 77.1 Å². The molecule has 2 atom stereocenters. The van der Waals surface area contributed by atoms with Gasteiger partial charge >= 0.3 is 12.0 Å². The number of piperazine rings is 1. The van der Waals surface area contributed by atoms with E-state index in [9.17, 15) is 9.59 Å². The predicted molar refractivity (Wildman–Crippen MR) is 78.0 cm³/mol. The number of urea groups is 1. The number of carboxylic acids is 1. The van der Waals surface area contributed by atoms with Crippen molar-refractivity contribution in [1.82, 2.24) is 14.7 Å². The number of amides is 2. The van der Waals surface area contributed by atoms with E-state index in [1.165, 1.54) is 19.4 Å². The Kier molecular flexibility index (Phi) is 4.06. The molecule has 0 radical (unpaired) electrons. The van der Waals surface area contributed by atoms with Crippen molar-refractivity contribution >= 4 is 12.0 Å². The minimum atomic E-state index is -0.785. The third kappa shape index (κ3) is 3.15. The van der Waals surface area contributed by atoms with Gasteiger partial charge in [-0.15, -0.1) is 0 Å². The summed E-state index contributed by atoms with van der Waals surface area (Å²) in [7, 11) is 0. The molecule has 1 aliphatic carbocycles. The summed E-state index contributed by atoms with van der Waals surface area (Å²) in [6.45, 7) is 7.05. The van der Waals surface area contributed by atoms with Crippen LogP contribution in [0, 0.1) is 11.8 Å². The smallest absolute Gasteiger partial charge is 0.320 e. The molecule has 0 aromatic rings. The lowest BCUT2D eigenvalue weighted by Gasteiger charge is -2.37. The number of carbonyl (C=O) groups excluding carboxylic acids is 1. The zero-order chi connectivity index (χ0) is 15.0. The first-order valence-corrected chi connectivity index (χ1v) is 8.07. The van der Waals surface area contributed by atoms with Crippen molar-refractivity contribution in [1.29, 1.82) is 0 Å². The summed E-state index contributed by atoms with van der Waals surface area (Å²) in [6, 6.07) is -0.170. The van der Waals surface area contributed by atoms with E-state index in [0.29, 0.717) is 13.0 Å². The van der Waals surface area contributed by atoms with Gasteiger partial charge in [-0.05, 0) is 32.1 Å². The highest BCUT2D eigenvalue weighted by molar-refractivity contribution is 5.78. The standard InChI is InChI=1S/C15H25N3O3/c1-11-13(14(19)20)4-5-18(11)15(21)17-8-6-16(7-9-17)10-12-2-3-12/h11-13H,2-10H2,1H3,(H,19,20). The summed E-state index contributed by atoms with van der Waals surface area (Å²) in [4.78, 5) is 29.8. The molecule has 6 nitrogen and oxygen atoms in total. The molecule has 2 amide bonds. The van der Waals surface area contributed by atoms with Crippen LogP contribution in [0.4, 0.5) is 4.79 Å². The van der Waals surface area contributed by atoms with Gasteiger partial charge in [-0.2, -0.15) is 0 Å². The fourth-order valence-electron chi connectivity index (χ4n) is 3.51. The van der Waals surface area contributed by atoms with Gasteiger partial charge in [-0.3, -0.25) is 9.69 Å². The SMILES string of the molecule is CC1C(C(=O)O)CCN1C(=O)N1CCN(CC2CC2)CC1. The zero-order valence-corrected chi connectivity index (χ0v) is 12.7. The van der Waals surface area contributed by atoms with Crippen LogP contribution in [0.1, 0.15) is 26.2 Å². The van der Waals surface area contributed by atoms with Crippen LogP contribution in [0.5, 0.6) is 0 Å². The molecule has 1 N–H and O–H groups in total. The molecule has 1 saturated carbocycles. The van der Waals surface area contributed by atoms with Crippen molar-refractivity contribution in [3.63, 3.8) is 0 Å². The fraction of sp³-hybridized carbons (Fsp3) is 0.867. The molecular formula is C15H25N3O3. The second-order valence-electron chi connectivity index (χ2n) is 6.68. The fourth-order valence-corrected chi connectivity index (χ4v) is 3.51. The van der Waals surface area contributed by atoms with Crippen LogP contribution >= 0.6 is 0 Å². The van der Waals surface area contributed by atoms with Gasteiger partial charge in [-0.1, -0.05) is 0 Å². The first-order chi connectivity index (χ1) is 10.1. The second kappa shape index (κ2) is 5.83. The molecule has 3 rings (SSSR count). The van der Waals surface area contributed by atoms with Crippen molar-refractivity contribution in [2.24, 2.45) is 11.8 Å². The number of carboxylic acid groups (broad SMARTS) is 1. The Morgan fingerprint density at radius 2 is 1.71 bits per heavy atom. The molecule has 2 heterocycles. The van der Waals surface area contributed by atoms with Crippen LogP contribution in [0.15, 0.2) is 0 Å². The van der Waals surface area contributed by atoms with Gasteiger partial charge in [0, 0.05) is 45.3 Å². The Morgan fingerprint density at radius 1 is 1.05 bits per heavy atom. The third-order valence-electron chi connectivity index (χ3n) is 5.17. The summed E-state index contributed by atoms with van der Waals surface area (Å²) in [5, 5.41) is 9.16. The average molecular weight is 295 g/mol. The lowest BCUT2D eigenvalue weighted by molar-refractivity contribution is -0.142. The first-order valence-electron chi connectivity index (χ1n) is 8.07. The van der Waals surface area contributed by atoms with Crippen molar-refractivity contribution < 1.29 is 14.7 Å². The molecule has 2 saturated heterocycles. The Hall–Kier alpha value is -1.30. The Labute approximate surface area is 125 Å². The highest BCUT2D eigenvalue weighted by Crippen LogP contribution is 2.30. The van der Waals surface area contributed by atoms with Crippen molar-refractivity contribution in [3.8, 4) is 0 Å². The number of hydrogen-bond acceptors (Lipinski definition) is 3. The topological polar surface area (TPSA) is 64.1 Å². The summed E-state index contributed by atoms with van der Waals surface area (Å²) in [5.74, 6) is -0.306. The molecule has 2 aliphatic heterocycles. The van der Waals surface area contributed by atoms with Gasteiger partial charge in [0.15, 0.2) is 0 Å². The van der Waals surface area contributed by atoms with Crippen molar-refractivity contribution in [2.45, 2.75) is 32.2 Å². The number of nitrogens with zero attached hydrogens (tertiary/aromatic N) is 3. The Morgan fingerprint density at radius 3 is 2.24 bits per heavy atom. The molecule has 0 spiro atoms. The molecule has 6 heteroatoms. The second-order valence-corrected chi connectivity index (χ2v) is 6.68. The normalized spacial score (nSPS) is 30.7. The highest BCUT2D eigenvalue weighted by atomic mass is 16.4. The highest BCUT2D eigenvalue weighted by Gasteiger charge is 2.40. The summed E-state index contributed by atoms with van der Waals surface area (Å²) < 4.78 is 0. The lowest BCUT2D eigenvalue weighted by Crippen LogP contribution is -2.54. The third-order valence-corrected chi connectivity index (χ3v) is 5.17. The molecule has 0 bridgehead atoms. The number of hydrogen-bond donors (Lipinski definition) is 1. The number of carbonyl (C=O) groups is 2. The van der Waals surface area contributed by atoms with E-state index in [1.807, 2.05) is 11.8 Å². The summed E-state index contributed by atoms with van der Waals surface area (Å²) >= 11 is 0. The van der Waals surface area contributed by atoms with Gasteiger partial charge in [0.25, 0.3) is 0 Å². The van der Waals surface area contributed by atoms with E-state index in [1.54, 1.807) is 4.90 Å². The Bertz CT molecular complexity index is 416. The molecule has 0 aromatic carbocycles. The van der Waals surface area contributed by atoms with Gasteiger partial charge in [0.1, 0.15) is 0 Å². The van der Waals surface area contributed by atoms with E-state index < -0.39 is 11.9 Å². The van der Waals surface area contributed by atoms with Gasteiger partial charge in [-0.25, -0.2) is 4.79 Å². The first kappa shape index (κ1) is 14.6. The number of aliphatic carboxylic acids is 1. The number of rotatable bonds is 3. The quantitative estimate of drug-likeness (QED) is 0.841. The maximum atomic E-state index is 12.6. The molecule has 3 fully saturated rings. The van der Waals surface area contributed by atoms with Crippen LogP contribution in [0.25, 0.3) is 0 Å². The van der Waals surface area contributed by atoms with Gasteiger partial charge in [0.05, 0.1) is 5.92 Å². The van der Waals surface area contributed by atoms with Crippen LogP contribution in [-0.2, 0) is 4.79 Å². The molecule has 3 aliphatic rings. The van der Waals surface area contributed by atoms with Crippen LogP contribution < -0.4 is 0 Å². The maximum Gasteiger partial charge on any atom is 0.320 e. The monoisotopic (exact) mass is 295 g/mol. The number of likely N-dealkylation sites (tertiary alicyclic amines) is 1. The van der Waals surface area contributed by atoms with Crippen molar-refractivity contribution in [2.75, 3.05) is 39.3 Å². The summed E-state index contributed by atoms with van der Waals surface area (Å²) in [6.07, 6.45) is 3.30. The largest absolute Gasteiger partial charge is 0.481 e. The molecule has 2 unspecified atom stereocenters. The lowest BCUT2D eigenvalue weighted by atomic mass is 10.0. The van der Waals surface area contributed by atoms with Crippen LogP contribution in [0.3, 0.4) is 0 Å². The van der Waals surface area contributed by atoms with Gasteiger partial charge in [0.2, 0.25) is 0 Å². The maximum absolute atomic E-state index is 12.6. The average Bonchev–Trinajstić information content (AvgIpc) is 3.19. The van der Waals surface area contributed by atoms with Crippen LogP contribution in [0.2, 0.25) is 0 Å². The van der Waals surface area contributed by atoms with E-state index in [0.717, 1.165) is 32.1 Å². The van der Waals surface area contributed by atoms with E-state index in [4.69, 9.17) is 5.11 Å². The van der Waals surface area contributed by atoms with E-state index in [2.05, 4.69) is 4.90 Å². The van der Waals surface area contributed by atoms with E-state index in [-0.39, 0.29) is 12.1 Å². The predicted octanol–water partition coefficient (Wildman–Crippen LogP) is 0.929. The zero-order valence-electron chi connectivity index (χ0n) is 12.7. The van der Waals surface area contributed by atoms with E-state index >= 15 is 0 Å². The van der Waals surface area contributed by atoms with Gasteiger partial charge < -0.3 is 14.9 Å². The molecule has 0 aromatic heterocycles. The summed E-state index contributed by atoms with van der Waals surface area (Å²) in [5.41, 5.74) is 0. The molecule has 118 valence electrons. The molecular weight excluding hydrogens is 270 g/mol. The Balaban J connectivity index is 1.50. The molecule has 21 heavy (non-hydrogen) atoms. The minimum Gasteiger partial charge on any atom is -0.481 e. The van der Waals surface area contributed by atoms with Crippen molar-refractivity contribution in [3.05, 3.63) is 0 Å².